The molecule has 0 amide bonds. The Labute approximate surface area is 133 Å². The van der Waals surface area contributed by atoms with Gasteiger partial charge in [-0.3, -0.25) is 4.79 Å². The van der Waals surface area contributed by atoms with Crippen molar-refractivity contribution in [1.29, 1.82) is 0 Å². The Morgan fingerprint density at radius 2 is 2.38 bits per heavy atom. The van der Waals surface area contributed by atoms with Crippen LogP contribution in [0.1, 0.15) is 12.8 Å². The van der Waals surface area contributed by atoms with Gasteiger partial charge in [-0.1, -0.05) is 0 Å². The minimum absolute atomic E-state index is 0.127. The zero-order chi connectivity index (χ0) is 15.2. The molecule has 1 aliphatic rings. The summed E-state index contributed by atoms with van der Waals surface area (Å²) in [4.78, 5) is 14.5. The molecule has 0 aliphatic carbocycles. The average molecular weight is 359 g/mol. The van der Waals surface area contributed by atoms with E-state index in [1.54, 1.807) is 13.3 Å². The molecule has 0 saturated carbocycles. The highest BCUT2D eigenvalue weighted by atomic mass is 79.9. The monoisotopic (exact) mass is 358 g/mol. The third kappa shape index (κ3) is 4.52. The SMILES string of the molecule is COCCn1ncc(NCC2CCCN(C)C2)c(Br)c1=O. The minimum atomic E-state index is -0.127. The molecule has 118 valence electrons. The summed E-state index contributed by atoms with van der Waals surface area (Å²) in [6.07, 6.45) is 4.17. The highest BCUT2D eigenvalue weighted by Gasteiger charge is 2.17. The van der Waals surface area contributed by atoms with Gasteiger partial charge in [-0.05, 0) is 48.3 Å². The van der Waals surface area contributed by atoms with Crippen molar-refractivity contribution < 1.29 is 4.74 Å². The van der Waals surface area contributed by atoms with Crippen molar-refractivity contribution in [3.8, 4) is 0 Å². The summed E-state index contributed by atoms with van der Waals surface area (Å²) in [7, 11) is 3.76. The molecule has 1 aliphatic heterocycles. The second-order valence-corrected chi connectivity index (χ2v) is 6.34. The van der Waals surface area contributed by atoms with Crippen LogP contribution in [0.15, 0.2) is 15.5 Å². The number of piperidine rings is 1. The Bertz CT molecular complexity index is 520. The van der Waals surface area contributed by atoms with Crippen LogP contribution in [0.5, 0.6) is 0 Å². The summed E-state index contributed by atoms with van der Waals surface area (Å²) in [5.41, 5.74) is 0.639. The largest absolute Gasteiger partial charge is 0.383 e. The van der Waals surface area contributed by atoms with Crippen LogP contribution in [0, 0.1) is 5.92 Å². The second-order valence-electron chi connectivity index (χ2n) is 5.54. The molecule has 1 aromatic heterocycles. The molecule has 7 heteroatoms. The first-order valence-electron chi connectivity index (χ1n) is 7.28. The molecule has 0 radical (unpaired) electrons. The normalized spacial score (nSPS) is 19.7. The highest BCUT2D eigenvalue weighted by Crippen LogP contribution is 2.19. The van der Waals surface area contributed by atoms with Crippen LogP contribution in [0.4, 0.5) is 5.69 Å². The topological polar surface area (TPSA) is 59.4 Å². The van der Waals surface area contributed by atoms with E-state index in [1.165, 1.54) is 24.1 Å². The van der Waals surface area contributed by atoms with E-state index < -0.39 is 0 Å². The number of likely N-dealkylation sites (tertiary alicyclic amines) is 1. The number of aromatic nitrogens is 2. The van der Waals surface area contributed by atoms with Gasteiger partial charge in [0.1, 0.15) is 4.47 Å². The van der Waals surface area contributed by atoms with E-state index >= 15 is 0 Å². The Kier molecular flexibility index (Phi) is 6.20. The maximum Gasteiger partial charge on any atom is 0.283 e. The smallest absolute Gasteiger partial charge is 0.283 e. The lowest BCUT2D eigenvalue weighted by molar-refractivity contribution is 0.181. The Hall–Kier alpha value is -0.920. The van der Waals surface area contributed by atoms with E-state index in [1.807, 2.05) is 0 Å². The van der Waals surface area contributed by atoms with Gasteiger partial charge in [-0.25, -0.2) is 4.68 Å². The molecule has 2 rings (SSSR count). The predicted octanol–water partition coefficient (Wildman–Crippen LogP) is 1.41. The zero-order valence-corrected chi connectivity index (χ0v) is 14.2. The molecular formula is C14H23BrN4O2. The van der Waals surface area contributed by atoms with Gasteiger partial charge in [0.15, 0.2) is 0 Å². The summed E-state index contributed by atoms with van der Waals surface area (Å²) < 4.78 is 6.92. The van der Waals surface area contributed by atoms with Crippen LogP contribution >= 0.6 is 15.9 Å². The number of hydrogen-bond acceptors (Lipinski definition) is 5. The lowest BCUT2D eigenvalue weighted by Crippen LogP contribution is -2.35. The molecule has 1 fully saturated rings. The van der Waals surface area contributed by atoms with Crippen molar-refractivity contribution in [2.24, 2.45) is 5.92 Å². The summed E-state index contributed by atoms with van der Waals surface area (Å²) in [5.74, 6) is 0.617. The maximum atomic E-state index is 12.1. The molecule has 2 heterocycles. The number of methoxy groups -OCH3 is 1. The number of hydrogen-bond donors (Lipinski definition) is 1. The van der Waals surface area contributed by atoms with Crippen LogP contribution in [0.3, 0.4) is 0 Å². The van der Waals surface area contributed by atoms with E-state index in [0.29, 0.717) is 23.5 Å². The third-order valence-corrected chi connectivity index (χ3v) is 4.56. The molecular weight excluding hydrogens is 336 g/mol. The molecule has 1 saturated heterocycles. The second kappa shape index (κ2) is 7.91. The molecule has 1 aromatic rings. The van der Waals surface area contributed by atoms with Crippen molar-refractivity contribution in [2.75, 3.05) is 45.7 Å². The van der Waals surface area contributed by atoms with Crippen LogP contribution in [0.2, 0.25) is 0 Å². The number of ether oxygens (including phenoxy) is 1. The van der Waals surface area contributed by atoms with E-state index in [2.05, 4.69) is 38.3 Å². The fraction of sp³-hybridized carbons (Fsp3) is 0.714. The maximum absolute atomic E-state index is 12.1. The Morgan fingerprint density at radius 3 is 3.10 bits per heavy atom. The van der Waals surface area contributed by atoms with Crippen LogP contribution in [0.25, 0.3) is 0 Å². The molecule has 1 N–H and O–H groups in total. The zero-order valence-electron chi connectivity index (χ0n) is 12.6. The number of nitrogens with zero attached hydrogens (tertiary/aromatic N) is 3. The summed E-state index contributed by atoms with van der Waals surface area (Å²) in [6.45, 7) is 4.08. The Morgan fingerprint density at radius 1 is 1.57 bits per heavy atom. The van der Waals surface area contributed by atoms with Crippen molar-refractivity contribution >= 4 is 21.6 Å². The molecule has 0 aromatic carbocycles. The number of nitrogens with one attached hydrogen (secondary N) is 1. The molecule has 0 bridgehead atoms. The quantitative estimate of drug-likeness (QED) is 0.832. The van der Waals surface area contributed by atoms with E-state index in [9.17, 15) is 4.79 Å². The van der Waals surface area contributed by atoms with Gasteiger partial charge in [0.2, 0.25) is 0 Å². The van der Waals surface area contributed by atoms with E-state index in [4.69, 9.17) is 4.74 Å². The molecule has 0 spiro atoms. The first kappa shape index (κ1) is 16.5. The van der Waals surface area contributed by atoms with Crippen molar-refractivity contribution in [2.45, 2.75) is 19.4 Å². The molecule has 1 unspecified atom stereocenters. The van der Waals surface area contributed by atoms with Crippen molar-refractivity contribution in [3.63, 3.8) is 0 Å². The predicted molar refractivity (Wildman–Crippen MR) is 86.8 cm³/mol. The number of halogens is 1. The van der Waals surface area contributed by atoms with Gasteiger partial charge in [-0.15, -0.1) is 0 Å². The fourth-order valence-corrected chi connectivity index (χ4v) is 3.07. The summed E-state index contributed by atoms with van der Waals surface area (Å²) in [6, 6.07) is 0. The van der Waals surface area contributed by atoms with Gasteiger partial charge < -0.3 is 15.0 Å². The molecule has 1 atom stereocenters. The number of anilines is 1. The number of rotatable bonds is 6. The third-order valence-electron chi connectivity index (χ3n) is 3.80. The fourth-order valence-electron chi connectivity index (χ4n) is 2.62. The summed E-state index contributed by atoms with van der Waals surface area (Å²) in [5, 5.41) is 7.52. The first-order valence-corrected chi connectivity index (χ1v) is 8.08. The molecule has 21 heavy (non-hydrogen) atoms. The van der Waals surface area contributed by atoms with E-state index in [-0.39, 0.29) is 5.56 Å². The highest BCUT2D eigenvalue weighted by molar-refractivity contribution is 9.10. The lowest BCUT2D eigenvalue weighted by Gasteiger charge is -2.30. The minimum Gasteiger partial charge on any atom is -0.383 e. The van der Waals surface area contributed by atoms with Gasteiger partial charge in [-0.2, -0.15) is 5.10 Å². The van der Waals surface area contributed by atoms with Crippen molar-refractivity contribution in [3.05, 3.63) is 21.0 Å². The first-order chi connectivity index (χ1) is 10.1. The van der Waals surface area contributed by atoms with Crippen molar-refractivity contribution in [1.82, 2.24) is 14.7 Å². The van der Waals surface area contributed by atoms with E-state index in [0.717, 1.165) is 18.8 Å². The van der Waals surface area contributed by atoms with Crippen LogP contribution in [-0.4, -0.2) is 55.1 Å². The molecule has 6 nitrogen and oxygen atoms in total. The van der Waals surface area contributed by atoms with Gasteiger partial charge >= 0.3 is 0 Å². The standard InChI is InChI=1S/C14H23BrN4O2/c1-18-5-3-4-11(10-18)8-16-12-9-17-19(6-7-21-2)14(20)13(12)15/h9,11,16H,3-8,10H2,1-2H3. The van der Waals surface area contributed by atoms with Crippen LogP contribution < -0.4 is 10.9 Å². The summed E-state index contributed by atoms with van der Waals surface area (Å²) >= 11 is 3.37. The lowest BCUT2D eigenvalue weighted by atomic mass is 9.98. The Balaban J connectivity index is 1.97. The van der Waals surface area contributed by atoms with Gasteiger partial charge in [0.25, 0.3) is 5.56 Å². The van der Waals surface area contributed by atoms with Crippen LogP contribution in [-0.2, 0) is 11.3 Å². The average Bonchev–Trinajstić information content (AvgIpc) is 2.48. The van der Waals surface area contributed by atoms with Gasteiger partial charge in [0.05, 0.1) is 25.0 Å². The van der Waals surface area contributed by atoms with Gasteiger partial charge in [0, 0.05) is 20.2 Å².